The first-order chi connectivity index (χ1) is 9.24. The predicted octanol–water partition coefficient (Wildman–Crippen LogP) is 2.40. The molecule has 1 aromatic heterocycles. The summed E-state index contributed by atoms with van der Waals surface area (Å²) >= 11 is 0. The number of amides is 1. The van der Waals surface area contributed by atoms with Gasteiger partial charge in [0.1, 0.15) is 5.76 Å². The van der Waals surface area contributed by atoms with E-state index in [1.54, 1.807) is 11.2 Å². The van der Waals surface area contributed by atoms with Gasteiger partial charge in [-0.1, -0.05) is 12.1 Å². The van der Waals surface area contributed by atoms with Crippen molar-refractivity contribution in [3.05, 3.63) is 59.5 Å². The lowest BCUT2D eigenvalue weighted by Gasteiger charge is -2.20. The lowest BCUT2D eigenvalue weighted by atomic mass is 10.1. The molecular weight excluding hydrogens is 240 g/mol. The molecule has 0 spiro atoms. The van der Waals surface area contributed by atoms with E-state index in [4.69, 9.17) is 10.2 Å². The first kappa shape index (κ1) is 13.4. The van der Waals surface area contributed by atoms with Crippen molar-refractivity contribution < 1.29 is 9.21 Å². The quantitative estimate of drug-likeness (QED) is 0.895. The lowest BCUT2D eigenvalue weighted by Crippen LogP contribution is -2.30. The number of hydrogen-bond acceptors (Lipinski definition) is 3. The van der Waals surface area contributed by atoms with Crippen LogP contribution in [0.3, 0.4) is 0 Å². The fraction of sp³-hybridized carbons (Fsp3) is 0.267. The zero-order valence-electron chi connectivity index (χ0n) is 11.0. The van der Waals surface area contributed by atoms with Crippen molar-refractivity contribution in [2.75, 3.05) is 6.54 Å². The number of benzene rings is 1. The normalized spacial score (nSPS) is 10.4. The van der Waals surface area contributed by atoms with Crippen LogP contribution >= 0.6 is 0 Å². The Balaban J connectivity index is 2.15. The topological polar surface area (TPSA) is 59.5 Å². The summed E-state index contributed by atoms with van der Waals surface area (Å²) in [6.07, 6.45) is 1.61. The van der Waals surface area contributed by atoms with Gasteiger partial charge in [-0.3, -0.25) is 4.79 Å². The van der Waals surface area contributed by atoms with Crippen LogP contribution in [0.2, 0.25) is 0 Å². The average molecular weight is 258 g/mol. The van der Waals surface area contributed by atoms with E-state index >= 15 is 0 Å². The van der Waals surface area contributed by atoms with Crippen LogP contribution in [0.1, 0.15) is 28.6 Å². The second kappa shape index (κ2) is 6.20. The van der Waals surface area contributed by atoms with Gasteiger partial charge in [-0.2, -0.15) is 0 Å². The Bertz CT molecular complexity index is 535. The molecule has 2 aromatic rings. The molecule has 0 unspecified atom stereocenters. The van der Waals surface area contributed by atoms with Crippen LogP contribution in [0.25, 0.3) is 0 Å². The molecule has 0 aliphatic rings. The van der Waals surface area contributed by atoms with Gasteiger partial charge in [0, 0.05) is 18.7 Å². The van der Waals surface area contributed by atoms with Crippen molar-refractivity contribution in [1.82, 2.24) is 4.90 Å². The molecule has 0 aliphatic heterocycles. The summed E-state index contributed by atoms with van der Waals surface area (Å²) in [6, 6.07) is 11.1. The van der Waals surface area contributed by atoms with Gasteiger partial charge in [0.25, 0.3) is 5.91 Å². The third kappa shape index (κ3) is 3.23. The Kier molecular flexibility index (Phi) is 4.36. The van der Waals surface area contributed by atoms with Crippen LogP contribution in [-0.4, -0.2) is 17.4 Å². The smallest absolute Gasteiger partial charge is 0.254 e. The largest absolute Gasteiger partial charge is 0.467 e. The summed E-state index contributed by atoms with van der Waals surface area (Å²) in [5, 5.41) is 0. The fourth-order valence-electron chi connectivity index (χ4n) is 1.93. The van der Waals surface area contributed by atoms with Gasteiger partial charge in [0.15, 0.2) is 0 Å². The number of carbonyl (C=O) groups is 1. The SMILES string of the molecule is CCN(Cc1ccco1)C(=O)c1cccc(CN)c1. The molecule has 19 heavy (non-hydrogen) atoms. The third-order valence-electron chi connectivity index (χ3n) is 3.01. The second-order valence-electron chi connectivity index (χ2n) is 4.30. The van der Waals surface area contributed by atoms with Crippen molar-refractivity contribution in [3.63, 3.8) is 0 Å². The monoisotopic (exact) mass is 258 g/mol. The van der Waals surface area contributed by atoms with E-state index in [1.165, 1.54) is 0 Å². The summed E-state index contributed by atoms with van der Waals surface area (Å²) in [7, 11) is 0. The van der Waals surface area contributed by atoms with Crippen molar-refractivity contribution in [2.24, 2.45) is 5.73 Å². The molecule has 4 nitrogen and oxygen atoms in total. The fourth-order valence-corrected chi connectivity index (χ4v) is 1.93. The zero-order valence-corrected chi connectivity index (χ0v) is 11.0. The summed E-state index contributed by atoms with van der Waals surface area (Å²) in [6.45, 7) is 3.50. The average Bonchev–Trinajstić information content (AvgIpc) is 2.97. The molecule has 1 amide bonds. The van der Waals surface area contributed by atoms with Gasteiger partial charge in [-0.05, 0) is 36.8 Å². The van der Waals surface area contributed by atoms with Crippen molar-refractivity contribution >= 4 is 5.91 Å². The molecule has 1 aromatic carbocycles. The Labute approximate surface area is 112 Å². The molecule has 2 N–H and O–H groups in total. The molecule has 0 radical (unpaired) electrons. The number of carbonyl (C=O) groups excluding carboxylic acids is 1. The predicted molar refractivity (Wildman–Crippen MR) is 73.5 cm³/mol. The Morgan fingerprint density at radius 2 is 2.16 bits per heavy atom. The maximum Gasteiger partial charge on any atom is 0.254 e. The summed E-state index contributed by atoms with van der Waals surface area (Å²) < 4.78 is 5.28. The van der Waals surface area contributed by atoms with Gasteiger partial charge in [0.2, 0.25) is 0 Å². The van der Waals surface area contributed by atoms with Crippen molar-refractivity contribution in [3.8, 4) is 0 Å². The maximum absolute atomic E-state index is 12.4. The first-order valence-electron chi connectivity index (χ1n) is 6.35. The van der Waals surface area contributed by atoms with E-state index < -0.39 is 0 Å². The number of nitrogens with two attached hydrogens (primary N) is 1. The van der Waals surface area contributed by atoms with Crippen LogP contribution in [0, 0.1) is 0 Å². The minimum absolute atomic E-state index is 0.00537. The number of hydrogen-bond donors (Lipinski definition) is 1. The summed E-state index contributed by atoms with van der Waals surface area (Å²) in [5.74, 6) is 0.777. The van der Waals surface area contributed by atoms with Crippen molar-refractivity contribution in [1.29, 1.82) is 0 Å². The molecular formula is C15H18N2O2. The molecule has 2 rings (SSSR count). The molecule has 1 heterocycles. The van der Waals surface area contributed by atoms with E-state index in [2.05, 4.69) is 0 Å². The number of rotatable bonds is 5. The third-order valence-corrected chi connectivity index (χ3v) is 3.01. The zero-order chi connectivity index (χ0) is 13.7. The van der Waals surface area contributed by atoms with Crippen LogP contribution in [0.5, 0.6) is 0 Å². The molecule has 0 saturated carbocycles. The van der Waals surface area contributed by atoms with Crippen molar-refractivity contribution in [2.45, 2.75) is 20.0 Å². The van der Waals surface area contributed by atoms with E-state index in [-0.39, 0.29) is 5.91 Å². The standard InChI is InChI=1S/C15H18N2O2/c1-2-17(11-14-7-4-8-19-14)15(18)13-6-3-5-12(9-13)10-16/h3-9H,2,10-11,16H2,1H3. The number of nitrogens with zero attached hydrogens (tertiary/aromatic N) is 1. The molecule has 0 saturated heterocycles. The van der Waals surface area contributed by atoms with Gasteiger partial charge in [-0.25, -0.2) is 0 Å². The highest BCUT2D eigenvalue weighted by atomic mass is 16.3. The highest BCUT2D eigenvalue weighted by molar-refractivity contribution is 5.94. The molecule has 0 fully saturated rings. The van der Waals surface area contributed by atoms with E-state index in [1.807, 2.05) is 43.3 Å². The molecule has 0 aliphatic carbocycles. The summed E-state index contributed by atoms with van der Waals surface area (Å²) in [5.41, 5.74) is 7.22. The van der Waals surface area contributed by atoms with Crippen LogP contribution < -0.4 is 5.73 Å². The van der Waals surface area contributed by atoms with E-state index in [9.17, 15) is 4.79 Å². The van der Waals surface area contributed by atoms with Crippen LogP contribution in [0.4, 0.5) is 0 Å². The van der Waals surface area contributed by atoms with Crippen LogP contribution in [-0.2, 0) is 13.1 Å². The van der Waals surface area contributed by atoms with E-state index in [0.717, 1.165) is 11.3 Å². The summed E-state index contributed by atoms with van der Waals surface area (Å²) in [4.78, 5) is 14.2. The first-order valence-corrected chi connectivity index (χ1v) is 6.35. The minimum atomic E-state index is -0.00537. The van der Waals surface area contributed by atoms with Gasteiger partial charge in [-0.15, -0.1) is 0 Å². The number of furan rings is 1. The van der Waals surface area contributed by atoms with Gasteiger partial charge >= 0.3 is 0 Å². The Morgan fingerprint density at radius 3 is 2.79 bits per heavy atom. The van der Waals surface area contributed by atoms with Gasteiger partial charge < -0.3 is 15.1 Å². The highest BCUT2D eigenvalue weighted by Gasteiger charge is 2.15. The molecule has 0 bridgehead atoms. The minimum Gasteiger partial charge on any atom is -0.467 e. The molecule has 0 atom stereocenters. The van der Waals surface area contributed by atoms with E-state index in [0.29, 0.717) is 25.2 Å². The lowest BCUT2D eigenvalue weighted by molar-refractivity contribution is 0.0741. The Hall–Kier alpha value is -2.07. The molecule has 4 heteroatoms. The van der Waals surface area contributed by atoms with Gasteiger partial charge in [0.05, 0.1) is 12.8 Å². The maximum atomic E-state index is 12.4. The van der Waals surface area contributed by atoms with Crippen LogP contribution in [0.15, 0.2) is 47.1 Å². The molecule has 100 valence electrons. The Morgan fingerprint density at radius 1 is 1.32 bits per heavy atom. The highest BCUT2D eigenvalue weighted by Crippen LogP contribution is 2.12. The second-order valence-corrected chi connectivity index (χ2v) is 4.30.